The van der Waals surface area contributed by atoms with Gasteiger partial charge in [-0.15, -0.1) is 5.10 Å². The highest BCUT2D eigenvalue weighted by Crippen LogP contribution is 2.33. The van der Waals surface area contributed by atoms with Crippen molar-refractivity contribution in [2.75, 3.05) is 18.0 Å². The largest absolute Gasteiger partial charge is 0.366 e. The third-order valence-corrected chi connectivity index (χ3v) is 5.00. The van der Waals surface area contributed by atoms with E-state index in [2.05, 4.69) is 26.6 Å². The molecule has 1 aliphatic carbocycles. The molecule has 1 aromatic carbocycles. The van der Waals surface area contributed by atoms with E-state index in [4.69, 9.17) is 11.6 Å². The summed E-state index contributed by atoms with van der Waals surface area (Å²) < 4.78 is 1.77. The molecule has 1 saturated carbocycles. The molecule has 7 nitrogen and oxygen atoms in total. The Morgan fingerprint density at radius 1 is 1.36 bits per heavy atom. The van der Waals surface area contributed by atoms with Crippen LogP contribution in [0.5, 0.6) is 0 Å². The quantitative estimate of drug-likeness (QED) is 0.902. The van der Waals surface area contributed by atoms with Crippen LogP contribution in [-0.2, 0) is 4.79 Å². The molecular formula is C17H17ClN6O. The van der Waals surface area contributed by atoms with Gasteiger partial charge in [0.2, 0.25) is 5.91 Å². The summed E-state index contributed by atoms with van der Waals surface area (Å²) >= 11 is 6.13. The summed E-state index contributed by atoms with van der Waals surface area (Å²) in [6, 6.07) is 7.29. The van der Waals surface area contributed by atoms with Gasteiger partial charge in [-0.2, -0.15) is 5.26 Å². The number of carbonyl (C=O) groups excluding carboxylic acids is 1. The molecule has 4 rings (SSSR count). The summed E-state index contributed by atoms with van der Waals surface area (Å²) in [4.78, 5) is 14.3. The Morgan fingerprint density at radius 2 is 2.20 bits per heavy atom. The fraction of sp³-hybridized carbons (Fsp3) is 0.412. The van der Waals surface area contributed by atoms with E-state index < -0.39 is 0 Å². The molecular weight excluding hydrogens is 340 g/mol. The number of hydrogen-bond acceptors (Lipinski definition) is 5. The zero-order valence-corrected chi connectivity index (χ0v) is 14.2. The van der Waals surface area contributed by atoms with Gasteiger partial charge in [0.15, 0.2) is 0 Å². The first-order chi connectivity index (χ1) is 12.2. The first-order valence-corrected chi connectivity index (χ1v) is 8.64. The second kappa shape index (κ2) is 6.37. The number of aromatic nitrogens is 3. The van der Waals surface area contributed by atoms with Crippen molar-refractivity contribution in [1.82, 2.24) is 20.3 Å². The molecule has 1 amide bonds. The Hall–Kier alpha value is -2.59. The fourth-order valence-corrected chi connectivity index (χ4v) is 3.46. The summed E-state index contributed by atoms with van der Waals surface area (Å²) in [6.45, 7) is 1.21. The van der Waals surface area contributed by atoms with Crippen molar-refractivity contribution in [3.63, 3.8) is 0 Å². The van der Waals surface area contributed by atoms with Crippen LogP contribution in [0.2, 0.25) is 5.02 Å². The van der Waals surface area contributed by atoms with Crippen LogP contribution in [0.15, 0.2) is 30.6 Å². The first-order valence-electron chi connectivity index (χ1n) is 8.26. The van der Waals surface area contributed by atoms with Gasteiger partial charge in [-0.1, -0.05) is 16.8 Å². The highest BCUT2D eigenvalue weighted by atomic mass is 35.5. The van der Waals surface area contributed by atoms with Gasteiger partial charge in [0.1, 0.15) is 6.07 Å². The molecule has 0 radical (unpaired) electrons. The second-order valence-corrected chi connectivity index (χ2v) is 6.95. The number of amides is 1. The minimum atomic E-state index is -0.0969. The fourth-order valence-electron chi connectivity index (χ4n) is 3.29. The van der Waals surface area contributed by atoms with Gasteiger partial charge in [-0.25, -0.2) is 4.68 Å². The van der Waals surface area contributed by atoms with Crippen molar-refractivity contribution in [3.05, 3.63) is 41.2 Å². The lowest BCUT2D eigenvalue weighted by molar-refractivity contribution is -0.123. The molecule has 2 heterocycles. The third-order valence-electron chi connectivity index (χ3n) is 4.77. The van der Waals surface area contributed by atoms with Crippen LogP contribution in [0.3, 0.4) is 0 Å². The van der Waals surface area contributed by atoms with E-state index >= 15 is 0 Å². The maximum absolute atomic E-state index is 12.2. The highest BCUT2D eigenvalue weighted by Gasteiger charge is 2.39. The number of anilines is 1. The lowest BCUT2D eigenvalue weighted by Gasteiger charge is -2.20. The first kappa shape index (κ1) is 15.9. The molecule has 25 heavy (non-hydrogen) atoms. The molecule has 1 N–H and O–H groups in total. The van der Waals surface area contributed by atoms with Crippen LogP contribution in [0.25, 0.3) is 0 Å². The van der Waals surface area contributed by atoms with Gasteiger partial charge in [0, 0.05) is 30.2 Å². The summed E-state index contributed by atoms with van der Waals surface area (Å²) in [5.41, 5.74) is 1.35. The molecule has 2 aliphatic rings. The summed E-state index contributed by atoms with van der Waals surface area (Å²) in [7, 11) is 0. The number of halogens is 1. The zero-order chi connectivity index (χ0) is 17.4. The molecule has 1 aliphatic heterocycles. The van der Waals surface area contributed by atoms with E-state index in [1.165, 1.54) is 0 Å². The van der Waals surface area contributed by atoms with Gasteiger partial charge < -0.3 is 10.2 Å². The van der Waals surface area contributed by atoms with Gasteiger partial charge in [0.25, 0.3) is 0 Å². The summed E-state index contributed by atoms with van der Waals surface area (Å²) in [5.74, 6) is 0.245. The molecule has 1 aromatic heterocycles. The Bertz CT molecular complexity index is 826. The Balaban J connectivity index is 1.62. The third kappa shape index (κ3) is 3.17. The molecule has 0 bridgehead atoms. The zero-order valence-electron chi connectivity index (χ0n) is 13.5. The minimum absolute atomic E-state index is 0.0456. The van der Waals surface area contributed by atoms with E-state index in [9.17, 15) is 10.1 Å². The van der Waals surface area contributed by atoms with Gasteiger partial charge in [-0.3, -0.25) is 4.79 Å². The van der Waals surface area contributed by atoms with E-state index in [1.807, 2.05) is 0 Å². The van der Waals surface area contributed by atoms with Crippen molar-refractivity contribution in [2.24, 2.45) is 5.92 Å². The van der Waals surface area contributed by atoms with Gasteiger partial charge in [0.05, 0.1) is 29.5 Å². The van der Waals surface area contributed by atoms with E-state index in [1.54, 1.807) is 35.3 Å². The van der Waals surface area contributed by atoms with Crippen molar-refractivity contribution < 1.29 is 4.79 Å². The normalized spacial score (nSPS) is 22.6. The van der Waals surface area contributed by atoms with Gasteiger partial charge in [-0.05, 0) is 31.0 Å². The van der Waals surface area contributed by atoms with E-state index in [-0.39, 0.29) is 23.9 Å². The van der Waals surface area contributed by atoms with E-state index in [0.717, 1.165) is 18.5 Å². The van der Waals surface area contributed by atoms with Crippen molar-refractivity contribution >= 4 is 23.2 Å². The number of nitrogens with zero attached hydrogens (tertiary/aromatic N) is 5. The molecule has 2 aromatic rings. The van der Waals surface area contributed by atoms with Crippen molar-refractivity contribution in [3.8, 4) is 6.07 Å². The lowest BCUT2D eigenvalue weighted by Crippen LogP contribution is -2.42. The summed E-state index contributed by atoms with van der Waals surface area (Å²) in [5, 5.41) is 21.1. The molecule has 8 heteroatoms. The molecule has 0 unspecified atom stereocenters. The van der Waals surface area contributed by atoms with E-state index in [0.29, 0.717) is 23.7 Å². The van der Waals surface area contributed by atoms with Crippen LogP contribution in [0, 0.1) is 17.2 Å². The standard InChI is InChI=1S/C17H17ClN6O/c18-13-4-3-12(8-19)15(7-13)23-9-14(21-17(25)11-1-2-11)16(10-23)24-6-5-20-22-24/h3-7,11,14,16H,1-2,9-10H2,(H,21,25)/t14-,16+/m1/s1. The van der Waals surface area contributed by atoms with Gasteiger partial charge >= 0.3 is 0 Å². The SMILES string of the molecule is N#Cc1ccc(Cl)cc1N1C[C@@H](NC(=O)C2CC2)[C@@H](n2ccnn2)C1. The van der Waals surface area contributed by atoms with Crippen molar-refractivity contribution in [2.45, 2.75) is 24.9 Å². The average molecular weight is 357 g/mol. The molecule has 2 atom stereocenters. The number of nitrogens with one attached hydrogen (secondary N) is 1. The molecule has 128 valence electrons. The summed E-state index contributed by atoms with van der Waals surface area (Å²) in [6.07, 6.45) is 5.35. The Morgan fingerprint density at radius 3 is 2.88 bits per heavy atom. The number of carbonyl (C=O) groups is 1. The van der Waals surface area contributed by atoms with Crippen LogP contribution in [-0.4, -0.2) is 40.0 Å². The lowest BCUT2D eigenvalue weighted by atomic mass is 10.1. The van der Waals surface area contributed by atoms with Crippen LogP contribution in [0.1, 0.15) is 24.4 Å². The topological polar surface area (TPSA) is 86.8 Å². The monoisotopic (exact) mass is 356 g/mol. The Kier molecular flexibility index (Phi) is 4.06. The van der Waals surface area contributed by atoms with Crippen molar-refractivity contribution in [1.29, 1.82) is 5.26 Å². The molecule has 1 saturated heterocycles. The minimum Gasteiger partial charge on any atom is -0.366 e. The number of rotatable bonds is 4. The smallest absolute Gasteiger partial charge is 0.223 e. The maximum Gasteiger partial charge on any atom is 0.223 e. The number of benzene rings is 1. The maximum atomic E-state index is 12.2. The molecule has 0 spiro atoms. The average Bonchev–Trinajstić information content (AvgIpc) is 3.16. The van der Waals surface area contributed by atoms with Crippen LogP contribution >= 0.6 is 11.6 Å². The predicted octanol–water partition coefficient (Wildman–Crippen LogP) is 1.76. The second-order valence-electron chi connectivity index (χ2n) is 6.52. The van der Waals surface area contributed by atoms with Crippen LogP contribution < -0.4 is 10.2 Å². The number of hydrogen-bond donors (Lipinski definition) is 1. The number of nitriles is 1. The highest BCUT2D eigenvalue weighted by molar-refractivity contribution is 6.30. The predicted molar refractivity (Wildman–Crippen MR) is 92.1 cm³/mol. The van der Waals surface area contributed by atoms with Crippen LogP contribution in [0.4, 0.5) is 5.69 Å². The molecule has 2 fully saturated rings. The Labute approximate surface area is 150 Å².